The van der Waals surface area contributed by atoms with Crippen LogP contribution in [0.5, 0.6) is 0 Å². The van der Waals surface area contributed by atoms with Crippen LogP contribution in [0.25, 0.3) is 0 Å². The molecule has 0 fully saturated rings. The SMILES string of the molecule is COC(=O)C(CCC(=O)c1ccccc1)NC(=O)OCc1cccc(C#N)c1. The molecular weight excluding hydrogens is 360 g/mol. The smallest absolute Gasteiger partial charge is 0.408 e. The van der Waals surface area contributed by atoms with Gasteiger partial charge in [-0.2, -0.15) is 5.26 Å². The quantitative estimate of drug-likeness (QED) is 0.557. The van der Waals surface area contributed by atoms with Gasteiger partial charge in [0.2, 0.25) is 0 Å². The van der Waals surface area contributed by atoms with Gasteiger partial charge in [0.25, 0.3) is 0 Å². The lowest BCUT2D eigenvalue weighted by Gasteiger charge is -2.16. The van der Waals surface area contributed by atoms with Gasteiger partial charge in [-0.05, 0) is 24.1 Å². The zero-order valence-corrected chi connectivity index (χ0v) is 15.4. The van der Waals surface area contributed by atoms with Crippen molar-refractivity contribution in [3.05, 3.63) is 71.3 Å². The lowest BCUT2D eigenvalue weighted by Crippen LogP contribution is -2.42. The van der Waals surface area contributed by atoms with Crippen molar-refractivity contribution in [1.82, 2.24) is 5.32 Å². The molecule has 2 aromatic rings. The number of alkyl carbamates (subject to hydrolysis) is 1. The predicted octanol–water partition coefficient (Wildman–Crippen LogP) is 2.99. The molecule has 1 N–H and O–H groups in total. The molecule has 2 rings (SSSR count). The van der Waals surface area contributed by atoms with E-state index in [4.69, 9.17) is 10.00 Å². The standard InChI is InChI=1S/C21H20N2O5/c1-27-20(25)18(10-11-19(24)17-8-3-2-4-9-17)23-21(26)28-14-16-7-5-6-15(12-16)13-22/h2-9,12,18H,10-11,14H2,1H3,(H,23,26). The van der Waals surface area contributed by atoms with Crippen molar-refractivity contribution >= 4 is 17.8 Å². The minimum Gasteiger partial charge on any atom is -0.467 e. The Morgan fingerprint density at radius 1 is 1.11 bits per heavy atom. The lowest BCUT2D eigenvalue weighted by atomic mass is 10.0. The number of hydrogen-bond donors (Lipinski definition) is 1. The van der Waals surface area contributed by atoms with Crippen molar-refractivity contribution < 1.29 is 23.9 Å². The Balaban J connectivity index is 1.90. The summed E-state index contributed by atoms with van der Waals surface area (Å²) in [5, 5.41) is 11.3. The Bertz CT molecular complexity index is 874. The van der Waals surface area contributed by atoms with Crippen LogP contribution in [0.2, 0.25) is 0 Å². The highest BCUT2D eigenvalue weighted by Gasteiger charge is 2.23. The molecule has 0 saturated heterocycles. The molecule has 7 heteroatoms. The van der Waals surface area contributed by atoms with Crippen LogP contribution in [0.3, 0.4) is 0 Å². The van der Waals surface area contributed by atoms with Gasteiger partial charge < -0.3 is 14.8 Å². The van der Waals surface area contributed by atoms with Gasteiger partial charge in [0.15, 0.2) is 5.78 Å². The van der Waals surface area contributed by atoms with E-state index in [0.29, 0.717) is 16.7 Å². The fraction of sp³-hybridized carbons (Fsp3) is 0.238. The maximum absolute atomic E-state index is 12.2. The van der Waals surface area contributed by atoms with Crippen molar-refractivity contribution in [3.63, 3.8) is 0 Å². The summed E-state index contributed by atoms with van der Waals surface area (Å²) in [6.07, 6.45) is -0.668. The molecule has 0 aliphatic rings. The largest absolute Gasteiger partial charge is 0.467 e. The molecule has 144 valence electrons. The molecule has 0 radical (unpaired) electrons. The van der Waals surface area contributed by atoms with Crippen molar-refractivity contribution in [2.45, 2.75) is 25.5 Å². The third kappa shape index (κ3) is 6.25. The maximum atomic E-state index is 12.2. The second-order valence-electron chi connectivity index (χ2n) is 5.94. The molecule has 1 amide bonds. The van der Waals surface area contributed by atoms with E-state index in [1.165, 1.54) is 7.11 Å². The molecule has 1 atom stereocenters. The number of rotatable bonds is 8. The number of hydrogen-bond acceptors (Lipinski definition) is 6. The van der Waals surface area contributed by atoms with E-state index in [9.17, 15) is 14.4 Å². The molecule has 0 heterocycles. The number of methoxy groups -OCH3 is 1. The number of amides is 1. The molecule has 0 bridgehead atoms. The van der Waals surface area contributed by atoms with Crippen molar-refractivity contribution in [1.29, 1.82) is 5.26 Å². The first kappa shape index (κ1) is 20.6. The van der Waals surface area contributed by atoms with Crippen LogP contribution >= 0.6 is 0 Å². The summed E-state index contributed by atoms with van der Waals surface area (Å²) in [5.74, 6) is -0.803. The maximum Gasteiger partial charge on any atom is 0.408 e. The van der Waals surface area contributed by atoms with Crippen LogP contribution in [-0.2, 0) is 20.9 Å². The normalized spacial score (nSPS) is 11.0. The van der Waals surface area contributed by atoms with Crippen LogP contribution in [0.15, 0.2) is 54.6 Å². The minimum absolute atomic E-state index is 0.0573. The topological polar surface area (TPSA) is 105 Å². The number of ketones is 1. The van der Waals surface area contributed by atoms with Gasteiger partial charge in [0, 0.05) is 12.0 Å². The van der Waals surface area contributed by atoms with Gasteiger partial charge >= 0.3 is 12.1 Å². The zero-order valence-electron chi connectivity index (χ0n) is 15.4. The molecule has 7 nitrogen and oxygen atoms in total. The minimum atomic E-state index is -1.00. The van der Waals surface area contributed by atoms with Gasteiger partial charge in [-0.15, -0.1) is 0 Å². The molecule has 0 aliphatic carbocycles. The van der Waals surface area contributed by atoms with E-state index in [0.717, 1.165) is 0 Å². The summed E-state index contributed by atoms with van der Waals surface area (Å²) >= 11 is 0. The molecule has 0 saturated carbocycles. The second kappa shape index (κ2) is 10.5. The fourth-order valence-corrected chi connectivity index (χ4v) is 2.50. The molecule has 0 aliphatic heterocycles. The van der Waals surface area contributed by atoms with Gasteiger partial charge in [0.1, 0.15) is 12.6 Å². The number of ether oxygens (including phenoxy) is 2. The van der Waals surface area contributed by atoms with Crippen molar-refractivity contribution in [2.75, 3.05) is 7.11 Å². The van der Waals surface area contributed by atoms with E-state index in [1.54, 1.807) is 54.6 Å². The van der Waals surface area contributed by atoms with E-state index in [2.05, 4.69) is 10.1 Å². The molecule has 0 spiro atoms. The van der Waals surface area contributed by atoms with Crippen LogP contribution in [0.1, 0.15) is 34.3 Å². The average molecular weight is 380 g/mol. The fourth-order valence-electron chi connectivity index (χ4n) is 2.50. The number of carbonyl (C=O) groups is 3. The number of nitrogens with one attached hydrogen (secondary N) is 1. The Morgan fingerprint density at radius 3 is 2.54 bits per heavy atom. The van der Waals surface area contributed by atoms with Gasteiger partial charge in [-0.1, -0.05) is 42.5 Å². The number of benzene rings is 2. The molecule has 2 aromatic carbocycles. The van der Waals surface area contributed by atoms with Gasteiger partial charge in [-0.3, -0.25) is 4.79 Å². The summed E-state index contributed by atoms with van der Waals surface area (Å²) < 4.78 is 9.78. The number of nitriles is 1. The van der Waals surface area contributed by atoms with Gasteiger partial charge in [-0.25, -0.2) is 9.59 Å². The van der Waals surface area contributed by atoms with Crippen molar-refractivity contribution in [3.8, 4) is 6.07 Å². The summed E-state index contributed by atoms with van der Waals surface area (Å²) in [6, 6.07) is 16.3. The summed E-state index contributed by atoms with van der Waals surface area (Å²) in [7, 11) is 1.20. The number of nitrogens with zero attached hydrogens (tertiary/aromatic N) is 1. The van der Waals surface area contributed by atoms with Crippen molar-refractivity contribution in [2.24, 2.45) is 0 Å². The summed E-state index contributed by atoms with van der Waals surface area (Å²) in [4.78, 5) is 36.1. The Kier molecular flexibility index (Phi) is 7.73. The highest BCUT2D eigenvalue weighted by Crippen LogP contribution is 2.09. The summed E-state index contributed by atoms with van der Waals surface area (Å²) in [6.45, 7) is -0.0573. The third-order valence-corrected chi connectivity index (χ3v) is 3.96. The van der Waals surface area contributed by atoms with E-state index < -0.39 is 18.1 Å². The summed E-state index contributed by atoms with van der Waals surface area (Å²) in [5.41, 5.74) is 1.63. The third-order valence-electron chi connectivity index (χ3n) is 3.96. The van der Waals surface area contributed by atoms with Gasteiger partial charge in [0.05, 0.1) is 18.7 Å². The number of Topliss-reactive ketones (excluding diaryl/α,β-unsaturated/α-hetero) is 1. The zero-order chi connectivity index (χ0) is 20.4. The Labute approximate surface area is 162 Å². The monoisotopic (exact) mass is 380 g/mol. The predicted molar refractivity (Wildman–Crippen MR) is 100 cm³/mol. The highest BCUT2D eigenvalue weighted by atomic mass is 16.6. The molecular formula is C21H20N2O5. The molecule has 1 unspecified atom stereocenters. The van der Waals surface area contributed by atoms with Crippen LogP contribution in [0.4, 0.5) is 4.79 Å². The lowest BCUT2D eigenvalue weighted by molar-refractivity contribution is -0.143. The highest BCUT2D eigenvalue weighted by molar-refractivity contribution is 5.96. The first-order valence-corrected chi connectivity index (χ1v) is 8.62. The Hall–Kier alpha value is -3.66. The Morgan fingerprint density at radius 2 is 1.86 bits per heavy atom. The second-order valence-corrected chi connectivity index (χ2v) is 5.94. The molecule has 0 aromatic heterocycles. The van der Waals surface area contributed by atoms with Crippen LogP contribution in [0, 0.1) is 11.3 Å². The van der Waals surface area contributed by atoms with Crippen LogP contribution < -0.4 is 5.32 Å². The average Bonchev–Trinajstić information content (AvgIpc) is 2.75. The van der Waals surface area contributed by atoms with E-state index in [-0.39, 0.29) is 25.2 Å². The van der Waals surface area contributed by atoms with E-state index in [1.807, 2.05) is 6.07 Å². The number of esters is 1. The molecule has 28 heavy (non-hydrogen) atoms. The van der Waals surface area contributed by atoms with Crippen LogP contribution in [-0.4, -0.2) is 31.0 Å². The number of carbonyl (C=O) groups excluding carboxylic acids is 3. The first-order valence-electron chi connectivity index (χ1n) is 8.62. The first-order chi connectivity index (χ1) is 13.5. The van der Waals surface area contributed by atoms with E-state index >= 15 is 0 Å².